The second-order valence-corrected chi connectivity index (χ2v) is 20.8. The van der Waals surface area contributed by atoms with Crippen LogP contribution in [0.25, 0.3) is 22.8 Å². The Balaban J connectivity index is 0.000000154. The molecule has 6 aromatic rings. The lowest BCUT2D eigenvalue weighted by molar-refractivity contribution is -0.141. The van der Waals surface area contributed by atoms with Crippen molar-refractivity contribution in [1.29, 1.82) is 0 Å². The first-order valence-corrected chi connectivity index (χ1v) is 26.1. The van der Waals surface area contributed by atoms with Gasteiger partial charge in [0, 0.05) is 55.5 Å². The summed E-state index contributed by atoms with van der Waals surface area (Å²) in [5, 5.41) is 6.25. The van der Waals surface area contributed by atoms with Gasteiger partial charge >= 0.3 is 18.4 Å². The van der Waals surface area contributed by atoms with Gasteiger partial charge in [-0.1, -0.05) is 24.3 Å². The number of anilines is 6. The number of amides is 2. The molecule has 4 saturated heterocycles. The van der Waals surface area contributed by atoms with Crippen LogP contribution in [-0.4, -0.2) is 124 Å². The van der Waals surface area contributed by atoms with Crippen LogP contribution in [0.4, 0.5) is 65.5 Å². The Morgan fingerprint density at radius 2 is 1.27 bits per heavy atom. The Bertz CT molecular complexity index is 3170. The molecular formula is C55H60F6N12O7. The van der Waals surface area contributed by atoms with Gasteiger partial charge in [-0.25, -0.2) is 24.7 Å². The summed E-state index contributed by atoms with van der Waals surface area (Å²) < 4.78 is 112. The Hall–Kier alpha value is -7.61. The van der Waals surface area contributed by atoms with Crippen LogP contribution in [0.3, 0.4) is 0 Å². The number of nitrogens with one attached hydrogen (secondary N) is 2. The van der Waals surface area contributed by atoms with Gasteiger partial charge in [0.15, 0.2) is 34.9 Å². The number of alkyl halides is 6. The maximum absolute atomic E-state index is 13.7. The first-order chi connectivity index (χ1) is 38.1. The molecule has 6 aliphatic heterocycles. The molecule has 4 bridgehead atoms. The lowest BCUT2D eigenvalue weighted by Gasteiger charge is -2.45. The summed E-state index contributed by atoms with van der Waals surface area (Å²) >= 11 is 0. The highest BCUT2D eigenvalue weighted by Gasteiger charge is 2.40. The lowest BCUT2D eigenvalue weighted by atomic mass is 10.0. The number of hydrogen-bond donors (Lipinski definition) is 3. The molecule has 0 radical (unpaired) electrons. The van der Waals surface area contributed by atoms with E-state index >= 15 is 0 Å². The second kappa shape index (κ2) is 22.9. The number of piperidine rings is 2. The number of nitrogens with zero attached hydrogens (tertiary/aromatic N) is 9. The third-order valence-electron chi connectivity index (χ3n) is 13.8. The van der Waals surface area contributed by atoms with Crippen LogP contribution in [-0.2, 0) is 31.3 Å². The highest BCUT2D eigenvalue weighted by molar-refractivity contribution is 6.04. The van der Waals surface area contributed by atoms with Crippen molar-refractivity contribution in [2.24, 2.45) is 0 Å². The largest absolute Gasteiger partial charge is 0.489 e. The maximum atomic E-state index is 13.7. The summed E-state index contributed by atoms with van der Waals surface area (Å²) in [6.45, 7) is 12.4. The average molecular weight is 1120 g/mol. The van der Waals surface area contributed by atoms with Crippen molar-refractivity contribution >= 4 is 40.4 Å². The number of pyridine rings is 2. The van der Waals surface area contributed by atoms with Crippen molar-refractivity contribution in [3.05, 3.63) is 109 Å². The predicted octanol–water partition coefficient (Wildman–Crippen LogP) is 9.86. The molecule has 10 heterocycles. The molecule has 4 atom stereocenters. The minimum absolute atomic E-state index is 0.0450. The van der Waals surface area contributed by atoms with Gasteiger partial charge in [-0.05, 0) is 77.6 Å². The lowest BCUT2D eigenvalue weighted by Crippen LogP contribution is -2.56. The van der Waals surface area contributed by atoms with Gasteiger partial charge in [-0.3, -0.25) is 14.9 Å². The third-order valence-corrected chi connectivity index (χ3v) is 13.8. The van der Waals surface area contributed by atoms with Crippen LogP contribution in [0.15, 0.2) is 97.8 Å². The molecule has 80 heavy (non-hydrogen) atoms. The zero-order chi connectivity index (χ0) is 56.4. The monoisotopic (exact) mass is 1110 g/mol. The van der Waals surface area contributed by atoms with Crippen molar-refractivity contribution in [2.75, 3.05) is 83.7 Å². The Morgan fingerprint density at radius 1 is 0.713 bits per heavy atom. The van der Waals surface area contributed by atoms with Crippen molar-refractivity contribution in [3.63, 3.8) is 0 Å². The smallest absolute Gasteiger partial charge is 0.416 e. The summed E-state index contributed by atoms with van der Waals surface area (Å²) in [7, 11) is 0. The van der Waals surface area contributed by atoms with E-state index in [1.165, 1.54) is 24.4 Å². The molecule has 19 nitrogen and oxygen atoms in total. The molecule has 0 saturated carbocycles. The zero-order valence-electron chi connectivity index (χ0n) is 44.3. The van der Waals surface area contributed by atoms with Crippen molar-refractivity contribution in [2.45, 2.75) is 102 Å². The second-order valence-electron chi connectivity index (χ2n) is 20.8. The van der Waals surface area contributed by atoms with Gasteiger partial charge in [-0.15, -0.1) is 0 Å². The summed E-state index contributed by atoms with van der Waals surface area (Å²) in [4.78, 5) is 45.4. The van der Waals surface area contributed by atoms with Gasteiger partial charge in [0.2, 0.25) is 0 Å². The van der Waals surface area contributed by atoms with E-state index in [0.29, 0.717) is 84.0 Å². The SMILES string of the molecule is CC1(C)OC[C@@H](COc2cncc(N)c2)O1.CC1(C)OC[C@@H](COc2cncc(NC(=O)N3c4nc(-c5cccc(C(F)(F)F)c5)ncc4N4CCC[C@H]3C4)c2)O1.FC(F)(F)c1cccc(-c2ncc3c(n2)N[C@H]2CCCN3C2)c1. The summed E-state index contributed by atoms with van der Waals surface area (Å²) in [6.07, 6.45) is 4.21. The molecule has 4 aromatic heterocycles. The minimum atomic E-state index is -4.50. The Kier molecular flexibility index (Phi) is 15.9. The van der Waals surface area contributed by atoms with Crippen LogP contribution >= 0.6 is 0 Å². The predicted molar refractivity (Wildman–Crippen MR) is 284 cm³/mol. The fraction of sp³-hybridized carbons (Fsp3) is 0.436. The summed E-state index contributed by atoms with van der Waals surface area (Å²) in [6, 6.07) is 13.1. The molecule has 25 heteroatoms. The maximum Gasteiger partial charge on any atom is 0.416 e. The van der Waals surface area contributed by atoms with Crippen LogP contribution in [0.5, 0.6) is 11.5 Å². The highest BCUT2D eigenvalue weighted by atomic mass is 19.4. The topological polar surface area (TPSA) is 210 Å². The van der Waals surface area contributed by atoms with Gasteiger partial charge in [0.25, 0.3) is 0 Å². The van der Waals surface area contributed by atoms with E-state index in [2.05, 4.69) is 50.3 Å². The van der Waals surface area contributed by atoms with E-state index < -0.39 is 41.1 Å². The van der Waals surface area contributed by atoms with Crippen molar-refractivity contribution in [3.8, 4) is 34.3 Å². The van der Waals surface area contributed by atoms with E-state index in [1.54, 1.807) is 54.1 Å². The quantitative estimate of drug-likeness (QED) is 0.115. The van der Waals surface area contributed by atoms with E-state index in [4.69, 9.17) is 34.2 Å². The van der Waals surface area contributed by atoms with E-state index in [9.17, 15) is 31.1 Å². The number of benzene rings is 2. The molecule has 2 aromatic carbocycles. The average Bonchev–Trinajstić information content (AvgIpc) is 3.98. The molecule has 0 aliphatic carbocycles. The molecule has 12 rings (SSSR count). The van der Waals surface area contributed by atoms with Gasteiger partial charge in [0.05, 0.1) is 90.3 Å². The number of aromatic nitrogens is 6. The zero-order valence-corrected chi connectivity index (χ0v) is 44.3. The standard InChI is InChI=1S/C28H29F3N6O4.C16H15F3N4.C11H16N2O3/c1-27(2)40-16-22(41-27)15-39-21-10-19(11-32-12-21)34-26(38)37-20-7-4-8-36(14-20)23-13-33-24(35-25(23)37)17-5-3-6-18(9-17)28(29,30)31;17-16(18,19)11-4-1-3-10(7-11)14-20-8-13-15(22-14)21-12-5-2-6-23(13)9-12;1-11(2)15-7-10(16-11)6-14-9-3-8(12)4-13-5-9/h3,5-6,9-13,20,22H,4,7-8,14-16H2,1-2H3,(H,34,38);1,3-4,7-8,12H,2,5-6,9H2,(H,20,21,22);3-5,10H,6-7,12H2,1-2H3/t20-,22+;12-;10-/m001/s1. The van der Waals surface area contributed by atoms with Crippen LogP contribution in [0, 0.1) is 0 Å². The minimum Gasteiger partial charge on any atom is -0.489 e. The van der Waals surface area contributed by atoms with Crippen LogP contribution in [0.1, 0.15) is 64.5 Å². The molecule has 4 N–H and O–H groups in total. The normalized spacial score (nSPS) is 21.4. The summed E-state index contributed by atoms with van der Waals surface area (Å²) in [5.74, 6) is 1.40. The van der Waals surface area contributed by atoms with Crippen LogP contribution in [0.2, 0.25) is 0 Å². The molecule has 2 amide bonds. The molecule has 0 unspecified atom stereocenters. The summed E-state index contributed by atoms with van der Waals surface area (Å²) in [5.41, 5.74) is 7.27. The first kappa shape index (κ1) is 55.7. The van der Waals surface area contributed by atoms with Gasteiger partial charge < -0.3 is 54.6 Å². The number of urea groups is 1. The van der Waals surface area contributed by atoms with Gasteiger partial charge in [-0.2, -0.15) is 26.3 Å². The fourth-order valence-electron chi connectivity index (χ4n) is 10.1. The number of hydrogen-bond acceptors (Lipinski definition) is 17. The Morgan fingerprint density at radius 3 is 1.86 bits per heavy atom. The molecule has 6 aliphatic rings. The number of nitrogens with two attached hydrogens (primary N) is 1. The Labute approximate surface area is 457 Å². The van der Waals surface area contributed by atoms with Gasteiger partial charge in [0.1, 0.15) is 36.9 Å². The number of ether oxygens (including phenoxy) is 6. The number of carbonyl (C=O) groups excluding carboxylic acids is 1. The molecule has 424 valence electrons. The van der Waals surface area contributed by atoms with E-state index in [1.807, 2.05) is 27.7 Å². The number of nitrogen functional groups attached to an aromatic ring is 1. The van der Waals surface area contributed by atoms with Crippen LogP contribution < -0.4 is 40.5 Å². The van der Waals surface area contributed by atoms with E-state index in [-0.39, 0.29) is 36.2 Å². The first-order valence-electron chi connectivity index (χ1n) is 26.1. The number of halogens is 6. The van der Waals surface area contributed by atoms with Crippen molar-refractivity contribution in [1.82, 2.24) is 29.9 Å². The molecule has 0 spiro atoms. The van der Waals surface area contributed by atoms with E-state index in [0.717, 1.165) is 75.3 Å². The highest BCUT2D eigenvalue weighted by Crippen LogP contribution is 2.41. The number of fused-ring (bicyclic) bond motifs is 8. The molecule has 4 fully saturated rings. The third kappa shape index (κ3) is 13.5. The fourth-order valence-corrected chi connectivity index (χ4v) is 10.1. The number of carbonyl (C=O) groups is 1. The van der Waals surface area contributed by atoms with Crippen molar-refractivity contribution < 1.29 is 59.6 Å². The molecular weight excluding hydrogens is 1050 g/mol. The number of rotatable bonds is 9.